The van der Waals surface area contributed by atoms with Crippen LogP contribution in [0.15, 0.2) is 22.5 Å². The van der Waals surface area contributed by atoms with Crippen LogP contribution in [0.5, 0.6) is 0 Å². The van der Waals surface area contributed by atoms with Crippen LogP contribution in [0.2, 0.25) is 0 Å². The maximum absolute atomic E-state index is 13.1. The first-order chi connectivity index (χ1) is 11.9. The minimum absolute atomic E-state index is 0.0384. The summed E-state index contributed by atoms with van der Waals surface area (Å²) in [5, 5.41) is 6.13. The van der Waals surface area contributed by atoms with Gasteiger partial charge < -0.3 is 30.7 Å². The smallest absolute Gasteiger partial charge is 0.404 e. The molecule has 9 heteroatoms. The molecule has 4 rings (SSSR count). The van der Waals surface area contributed by atoms with Crippen molar-refractivity contribution in [1.29, 1.82) is 0 Å². The minimum atomic E-state index is -0.931. The second kappa shape index (κ2) is 5.06. The highest BCUT2D eigenvalue weighted by molar-refractivity contribution is 6.25. The van der Waals surface area contributed by atoms with E-state index in [1.807, 2.05) is 4.90 Å². The number of fused-ring (bicyclic) bond motifs is 4. The van der Waals surface area contributed by atoms with Gasteiger partial charge in [-0.15, -0.1) is 0 Å². The summed E-state index contributed by atoms with van der Waals surface area (Å²) in [6.07, 6.45) is -0.930. The van der Waals surface area contributed by atoms with Crippen LogP contribution in [0.4, 0.5) is 4.79 Å². The summed E-state index contributed by atoms with van der Waals surface area (Å²) >= 11 is 0. The topological polar surface area (TPSA) is 133 Å². The van der Waals surface area contributed by atoms with Crippen molar-refractivity contribution in [3.63, 3.8) is 0 Å². The van der Waals surface area contributed by atoms with Crippen molar-refractivity contribution in [2.45, 2.75) is 24.7 Å². The van der Waals surface area contributed by atoms with Gasteiger partial charge in [0.05, 0.1) is 23.4 Å². The van der Waals surface area contributed by atoms with Crippen LogP contribution < -0.4 is 16.4 Å². The van der Waals surface area contributed by atoms with E-state index >= 15 is 0 Å². The van der Waals surface area contributed by atoms with Gasteiger partial charge in [-0.2, -0.15) is 0 Å². The third-order valence-corrected chi connectivity index (χ3v) is 5.68. The fraction of sp³-hybridized carbons (Fsp3) is 0.562. The van der Waals surface area contributed by atoms with E-state index in [0.717, 1.165) is 0 Å². The number of primary amides is 1. The Morgan fingerprint density at radius 2 is 2.16 bits per heavy atom. The average molecular weight is 348 g/mol. The molecule has 0 aromatic heterocycles. The molecule has 0 saturated carbocycles. The maximum atomic E-state index is 13.1. The van der Waals surface area contributed by atoms with Crippen molar-refractivity contribution in [2.24, 2.45) is 11.7 Å². The molecule has 3 aliphatic heterocycles. The zero-order valence-corrected chi connectivity index (χ0v) is 14.2. The Bertz CT molecular complexity index is 772. The summed E-state index contributed by atoms with van der Waals surface area (Å²) in [6, 6.07) is 0.145. The van der Waals surface area contributed by atoms with Gasteiger partial charge in [-0.25, -0.2) is 4.79 Å². The lowest BCUT2D eigenvalue weighted by molar-refractivity contribution is -0.137. The summed E-state index contributed by atoms with van der Waals surface area (Å²) in [5.74, 6) is -1.07. The average Bonchev–Trinajstić information content (AvgIpc) is 3.18. The molecule has 2 fully saturated rings. The number of allylic oxidation sites excluding steroid dienone is 2. The molecule has 0 spiro atoms. The van der Waals surface area contributed by atoms with Crippen LogP contribution in [-0.2, 0) is 19.1 Å². The second-order valence-corrected chi connectivity index (χ2v) is 6.67. The third-order valence-electron chi connectivity index (χ3n) is 5.68. The first kappa shape index (κ1) is 16.1. The number of nitrogens with zero attached hydrogens (tertiary/aromatic N) is 1. The number of Topliss-reactive ketones (excluding diaryl/α,β-unsaturated/α-hetero) is 2. The predicted octanol–water partition coefficient (Wildman–Crippen LogP) is -1.39. The number of hydrogen-bond donors (Lipinski definition) is 3. The molecule has 134 valence electrons. The number of ether oxygens (including phenoxy) is 2. The van der Waals surface area contributed by atoms with E-state index in [9.17, 15) is 14.4 Å². The normalized spacial score (nSPS) is 35.6. The summed E-state index contributed by atoms with van der Waals surface area (Å²) in [7, 11) is 3.14. The van der Waals surface area contributed by atoms with E-state index in [1.54, 1.807) is 21.1 Å². The first-order valence-electron chi connectivity index (χ1n) is 8.11. The Hall–Kier alpha value is -2.39. The van der Waals surface area contributed by atoms with E-state index in [2.05, 4.69) is 10.6 Å². The quantitative estimate of drug-likeness (QED) is 0.418. The molecule has 2 saturated heterocycles. The standard InChI is InChI=1S/C16H20N4O5/c1-6-10(18-2)13(22)9-7(5-25-15(17)23)16(24-3)14-8(19-14)4-20(16)11(9)12(6)21/h7-8,14,18-19H,4-5H2,1-3H3,(H2,17,23). The molecular formula is C16H20N4O5. The fourth-order valence-electron chi connectivity index (χ4n) is 4.59. The molecule has 0 bridgehead atoms. The number of rotatable bonds is 4. The Kier molecular flexibility index (Phi) is 3.26. The molecule has 1 amide bonds. The predicted molar refractivity (Wildman–Crippen MR) is 85.0 cm³/mol. The Morgan fingerprint density at radius 1 is 1.44 bits per heavy atom. The molecule has 0 radical (unpaired) electrons. The molecule has 9 nitrogen and oxygen atoms in total. The van der Waals surface area contributed by atoms with E-state index in [1.165, 1.54) is 0 Å². The second-order valence-electron chi connectivity index (χ2n) is 6.67. The first-order valence-corrected chi connectivity index (χ1v) is 8.11. The van der Waals surface area contributed by atoms with Crippen molar-refractivity contribution < 1.29 is 23.9 Å². The highest BCUT2D eigenvalue weighted by Crippen LogP contribution is 2.55. The van der Waals surface area contributed by atoms with Gasteiger partial charge in [-0.05, 0) is 6.92 Å². The number of nitrogens with one attached hydrogen (secondary N) is 2. The lowest BCUT2D eigenvalue weighted by Crippen LogP contribution is -2.55. The molecule has 4 aliphatic rings. The number of carbonyl (C=O) groups is 3. The van der Waals surface area contributed by atoms with Gasteiger partial charge in [0.15, 0.2) is 5.72 Å². The summed E-state index contributed by atoms with van der Waals surface area (Å²) < 4.78 is 10.9. The minimum Gasteiger partial charge on any atom is -0.449 e. The van der Waals surface area contributed by atoms with Gasteiger partial charge in [0, 0.05) is 37.9 Å². The number of carbonyl (C=O) groups excluding carboxylic acids is 3. The van der Waals surface area contributed by atoms with Crippen molar-refractivity contribution in [2.75, 3.05) is 27.3 Å². The van der Waals surface area contributed by atoms with Crippen molar-refractivity contribution in [1.82, 2.24) is 15.5 Å². The highest BCUT2D eigenvalue weighted by Gasteiger charge is 2.72. The number of piperazine rings is 1. The number of ketones is 2. The lowest BCUT2D eigenvalue weighted by Gasteiger charge is -2.39. The largest absolute Gasteiger partial charge is 0.449 e. The molecule has 4 atom stereocenters. The number of hydrogen-bond acceptors (Lipinski definition) is 8. The molecular weight excluding hydrogens is 328 g/mol. The molecule has 4 N–H and O–H groups in total. The van der Waals surface area contributed by atoms with Crippen molar-refractivity contribution >= 4 is 17.7 Å². The monoisotopic (exact) mass is 348 g/mol. The highest BCUT2D eigenvalue weighted by atomic mass is 16.6. The molecule has 4 unspecified atom stereocenters. The fourth-order valence-corrected chi connectivity index (χ4v) is 4.59. The molecule has 1 aliphatic carbocycles. The lowest BCUT2D eigenvalue weighted by atomic mass is 9.82. The maximum Gasteiger partial charge on any atom is 0.404 e. The van der Waals surface area contributed by atoms with Crippen LogP contribution >= 0.6 is 0 Å². The van der Waals surface area contributed by atoms with Crippen LogP contribution in [0, 0.1) is 5.92 Å². The number of likely N-dealkylation sites (N-methyl/N-ethyl adjacent to an activating group) is 1. The summed E-state index contributed by atoms with van der Waals surface area (Å²) in [6.45, 7) is 2.07. The Labute approximate surface area is 144 Å². The third kappa shape index (κ3) is 1.82. The summed E-state index contributed by atoms with van der Waals surface area (Å²) in [5.41, 5.74) is 5.52. The molecule has 3 heterocycles. The van der Waals surface area contributed by atoms with Crippen LogP contribution in [0.3, 0.4) is 0 Å². The SMILES string of the molecule is CNC1=C(C)C(=O)C2=C(C1=O)C(COC(N)=O)C1(OC)C3NC3CN21. The van der Waals surface area contributed by atoms with Crippen molar-refractivity contribution in [3.8, 4) is 0 Å². The number of methoxy groups -OCH3 is 1. The number of amides is 1. The zero-order valence-electron chi connectivity index (χ0n) is 14.2. The van der Waals surface area contributed by atoms with Crippen LogP contribution in [0.25, 0.3) is 0 Å². The van der Waals surface area contributed by atoms with Crippen LogP contribution in [-0.4, -0.2) is 67.7 Å². The molecule has 0 aromatic carbocycles. The van der Waals surface area contributed by atoms with E-state index in [-0.39, 0.29) is 36.0 Å². The van der Waals surface area contributed by atoms with Crippen LogP contribution in [0.1, 0.15) is 6.92 Å². The number of nitrogens with two attached hydrogens (primary N) is 1. The van der Waals surface area contributed by atoms with Crippen molar-refractivity contribution in [3.05, 3.63) is 22.5 Å². The van der Waals surface area contributed by atoms with E-state index in [4.69, 9.17) is 15.2 Å². The Balaban J connectivity index is 1.84. The Morgan fingerprint density at radius 3 is 2.76 bits per heavy atom. The van der Waals surface area contributed by atoms with Gasteiger partial charge in [0.1, 0.15) is 6.61 Å². The van der Waals surface area contributed by atoms with Gasteiger partial charge in [-0.3, -0.25) is 9.59 Å². The van der Waals surface area contributed by atoms with Gasteiger partial charge in [0.2, 0.25) is 11.6 Å². The molecule has 25 heavy (non-hydrogen) atoms. The molecule has 0 aromatic rings. The van der Waals surface area contributed by atoms with E-state index < -0.39 is 17.7 Å². The van der Waals surface area contributed by atoms with Gasteiger partial charge in [0.25, 0.3) is 0 Å². The van der Waals surface area contributed by atoms with Gasteiger partial charge >= 0.3 is 6.09 Å². The van der Waals surface area contributed by atoms with Gasteiger partial charge in [-0.1, -0.05) is 0 Å². The van der Waals surface area contributed by atoms with E-state index in [0.29, 0.717) is 23.4 Å². The zero-order chi connectivity index (χ0) is 18.1. The summed E-state index contributed by atoms with van der Waals surface area (Å²) in [4.78, 5) is 39.0.